The van der Waals surface area contributed by atoms with E-state index in [4.69, 9.17) is 0 Å². The smallest absolute Gasteiger partial charge is 0.267 e. The molecular weight excluding hydrogens is 375 g/mol. The lowest BCUT2D eigenvalue weighted by Crippen LogP contribution is -2.27. The van der Waals surface area contributed by atoms with E-state index in [9.17, 15) is 14.0 Å². The van der Waals surface area contributed by atoms with Crippen molar-refractivity contribution in [1.29, 1.82) is 0 Å². The number of rotatable bonds is 3. The molecule has 2 aromatic carbocycles. The molecule has 4 rings (SSSR count). The van der Waals surface area contributed by atoms with Crippen molar-refractivity contribution >= 4 is 22.4 Å². The highest BCUT2D eigenvalue weighted by molar-refractivity contribution is 7.15. The molecule has 0 aliphatic rings. The van der Waals surface area contributed by atoms with Crippen molar-refractivity contribution in [3.8, 4) is 0 Å². The lowest BCUT2D eigenvalue weighted by molar-refractivity contribution is 0.627. The molecule has 2 heterocycles. The number of aryl methyl sites for hydroxylation is 2. The van der Waals surface area contributed by atoms with Crippen LogP contribution >= 0.6 is 11.3 Å². The van der Waals surface area contributed by atoms with Gasteiger partial charge in [0.25, 0.3) is 11.1 Å². The number of nitrogens with zero attached hydrogens (tertiary/aromatic N) is 2. The van der Waals surface area contributed by atoms with Gasteiger partial charge in [0, 0.05) is 17.7 Å². The van der Waals surface area contributed by atoms with E-state index in [1.807, 2.05) is 37.3 Å². The Morgan fingerprint density at radius 1 is 1.04 bits per heavy atom. The normalized spacial score (nSPS) is 12.0. The average Bonchev–Trinajstić information content (AvgIpc) is 2.97. The molecule has 0 radical (unpaired) electrons. The first-order valence-electron chi connectivity index (χ1n) is 8.80. The Kier molecular flexibility index (Phi) is 4.65. The van der Waals surface area contributed by atoms with E-state index in [0.29, 0.717) is 27.2 Å². The van der Waals surface area contributed by atoms with Crippen molar-refractivity contribution in [3.05, 3.63) is 108 Å². The standard InChI is InChI=1S/C22H17FN2O2S/c1-13-3-5-16(6-4-13)12-19-21(27)25-14(2)18(20(26)24-22(25)28-19)11-15-7-9-17(23)10-8-15/h3-10,12H,11H2,1-2H3/b19-12+. The van der Waals surface area contributed by atoms with E-state index in [2.05, 4.69) is 4.98 Å². The van der Waals surface area contributed by atoms with Crippen LogP contribution in [0.3, 0.4) is 0 Å². The SMILES string of the molecule is Cc1ccc(/C=c2/sc3nc(=O)c(Cc4ccc(F)cc4)c(C)n3c2=O)cc1. The fourth-order valence-corrected chi connectivity index (χ4v) is 4.12. The van der Waals surface area contributed by atoms with Crippen LogP contribution in [-0.2, 0) is 6.42 Å². The maximum atomic E-state index is 13.1. The number of aromatic nitrogens is 2. The molecule has 0 saturated heterocycles. The van der Waals surface area contributed by atoms with Crippen molar-refractivity contribution in [2.24, 2.45) is 0 Å². The Morgan fingerprint density at radius 2 is 1.71 bits per heavy atom. The fourth-order valence-electron chi connectivity index (χ4n) is 3.11. The maximum Gasteiger partial charge on any atom is 0.277 e. The molecule has 28 heavy (non-hydrogen) atoms. The number of thiazole rings is 1. The quantitative estimate of drug-likeness (QED) is 0.539. The third-order valence-corrected chi connectivity index (χ3v) is 5.67. The van der Waals surface area contributed by atoms with E-state index in [1.165, 1.54) is 27.9 Å². The van der Waals surface area contributed by atoms with Crippen molar-refractivity contribution in [2.75, 3.05) is 0 Å². The zero-order chi connectivity index (χ0) is 19.8. The van der Waals surface area contributed by atoms with E-state index < -0.39 is 0 Å². The van der Waals surface area contributed by atoms with Gasteiger partial charge >= 0.3 is 0 Å². The zero-order valence-corrected chi connectivity index (χ0v) is 16.2. The number of benzene rings is 2. The molecule has 0 fully saturated rings. The van der Waals surface area contributed by atoms with Gasteiger partial charge in [-0.3, -0.25) is 14.0 Å². The third-order valence-electron chi connectivity index (χ3n) is 4.70. The molecule has 0 unspecified atom stereocenters. The summed E-state index contributed by atoms with van der Waals surface area (Å²) in [6.07, 6.45) is 2.11. The molecule has 0 bridgehead atoms. The molecular formula is C22H17FN2O2S. The van der Waals surface area contributed by atoms with Crippen LogP contribution in [0.25, 0.3) is 11.0 Å². The lowest BCUT2D eigenvalue weighted by Gasteiger charge is -2.06. The minimum atomic E-state index is -0.357. The summed E-state index contributed by atoms with van der Waals surface area (Å²) in [5.41, 5.74) is 3.32. The number of fused-ring (bicyclic) bond motifs is 1. The van der Waals surface area contributed by atoms with Gasteiger partial charge in [-0.25, -0.2) is 4.39 Å². The Balaban J connectivity index is 1.85. The predicted octanol–water partition coefficient (Wildman–Crippen LogP) is 3.01. The van der Waals surface area contributed by atoms with Gasteiger partial charge in [0.15, 0.2) is 0 Å². The van der Waals surface area contributed by atoms with Gasteiger partial charge in [-0.2, -0.15) is 4.98 Å². The van der Waals surface area contributed by atoms with Crippen LogP contribution in [0.1, 0.15) is 27.9 Å². The van der Waals surface area contributed by atoms with Crippen LogP contribution in [0.2, 0.25) is 0 Å². The topological polar surface area (TPSA) is 51.4 Å². The van der Waals surface area contributed by atoms with Gasteiger partial charge in [-0.05, 0) is 43.2 Å². The minimum absolute atomic E-state index is 0.189. The Bertz CT molecular complexity index is 1340. The summed E-state index contributed by atoms with van der Waals surface area (Å²) >= 11 is 1.20. The van der Waals surface area contributed by atoms with E-state index in [-0.39, 0.29) is 16.9 Å². The Labute approximate surface area is 164 Å². The molecule has 0 aliphatic carbocycles. The molecule has 0 atom stereocenters. The van der Waals surface area contributed by atoms with Crippen molar-refractivity contribution in [1.82, 2.24) is 9.38 Å². The Hall–Kier alpha value is -3.12. The summed E-state index contributed by atoms with van der Waals surface area (Å²) in [6.45, 7) is 3.75. The monoisotopic (exact) mass is 392 g/mol. The van der Waals surface area contributed by atoms with Crippen LogP contribution in [0.5, 0.6) is 0 Å². The molecule has 4 aromatic rings. The highest BCUT2D eigenvalue weighted by Gasteiger charge is 2.15. The van der Waals surface area contributed by atoms with Crippen LogP contribution in [-0.4, -0.2) is 9.38 Å². The molecule has 0 aliphatic heterocycles. The number of hydrogen-bond acceptors (Lipinski definition) is 4. The van der Waals surface area contributed by atoms with Crippen LogP contribution in [0, 0.1) is 19.7 Å². The maximum absolute atomic E-state index is 13.1. The van der Waals surface area contributed by atoms with E-state index in [0.717, 1.165) is 16.7 Å². The molecule has 0 spiro atoms. The van der Waals surface area contributed by atoms with Crippen LogP contribution in [0.15, 0.2) is 58.1 Å². The summed E-state index contributed by atoms with van der Waals surface area (Å²) in [4.78, 5) is 30.0. The van der Waals surface area contributed by atoms with Crippen molar-refractivity contribution < 1.29 is 4.39 Å². The highest BCUT2D eigenvalue weighted by Crippen LogP contribution is 2.13. The second-order valence-corrected chi connectivity index (χ2v) is 7.74. The van der Waals surface area contributed by atoms with E-state index >= 15 is 0 Å². The first-order valence-corrected chi connectivity index (χ1v) is 9.62. The molecule has 6 heteroatoms. The highest BCUT2D eigenvalue weighted by atomic mass is 32.1. The molecule has 0 amide bonds. The molecule has 4 nitrogen and oxygen atoms in total. The van der Waals surface area contributed by atoms with Crippen LogP contribution in [0.4, 0.5) is 4.39 Å². The lowest BCUT2D eigenvalue weighted by atomic mass is 10.1. The zero-order valence-electron chi connectivity index (χ0n) is 15.4. The van der Waals surface area contributed by atoms with Crippen molar-refractivity contribution in [3.63, 3.8) is 0 Å². The van der Waals surface area contributed by atoms with Gasteiger partial charge in [-0.1, -0.05) is 53.3 Å². The summed E-state index contributed by atoms with van der Waals surface area (Å²) in [5, 5.41) is 0. The second kappa shape index (κ2) is 7.13. The fraction of sp³-hybridized carbons (Fsp3) is 0.136. The largest absolute Gasteiger partial charge is 0.277 e. The van der Waals surface area contributed by atoms with Gasteiger partial charge in [0.1, 0.15) is 5.82 Å². The first kappa shape index (κ1) is 18.3. The summed E-state index contributed by atoms with van der Waals surface area (Å²) in [5.74, 6) is -0.332. The van der Waals surface area contributed by atoms with Gasteiger partial charge < -0.3 is 0 Å². The van der Waals surface area contributed by atoms with Gasteiger partial charge in [0.2, 0.25) is 4.96 Å². The molecule has 140 valence electrons. The summed E-state index contributed by atoms with van der Waals surface area (Å²) < 4.78 is 15.1. The number of hydrogen-bond donors (Lipinski definition) is 0. The molecule has 0 N–H and O–H groups in total. The van der Waals surface area contributed by atoms with Crippen LogP contribution < -0.4 is 15.7 Å². The van der Waals surface area contributed by atoms with E-state index in [1.54, 1.807) is 19.1 Å². The van der Waals surface area contributed by atoms with Gasteiger partial charge in [-0.15, -0.1) is 0 Å². The number of halogens is 1. The summed E-state index contributed by atoms with van der Waals surface area (Å²) in [6, 6.07) is 13.8. The minimum Gasteiger partial charge on any atom is -0.267 e. The third kappa shape index (κ3) is 3.39. The average molecular weight is 392 g/mol. The van der Waals surface area contributed by atoms with Gasteiger partial charge in [0.05, 0.1) is 4.53 Å². The molecule has 0 saturated carbocycles. The molecule has 2 aromatic heterocycles. The first-order chi connectivity index (χ1) is 13.4. The second-order valence-electron chi connectivity index (χ2n) is 6.73. The van der Waals surface area contributed by atoms with Crippen molar-refractivity contribution in [2.45, 2.75) is 20.3 Å². The Morgan fingerprint density at radius 3 is 2.39 bits per heavy atom. The predicted molar refractivity (Wildman–Crippen MR) is 110 cm³/mol. The summed E-state index contributed by atoms with van der Waals surface area (Å²) in [7, 11) is 0.